The van der Waals surface area contributed by atoms with Gasteiger partial charge in [-0.25, -0.2) is 4.98 Å². The van der Waals surface area contributed by atoms with Gasteiger partial charge in [0, 0.05) is 24.8 Å². The molecule has 0 aliphatic carbocycles. The Hall–Kier alpha value is -0.450. The van der Waals surface area contributed by atoms with Crippen LogP contribution in [0.15, 0.2) is 5.38 Å². The van der Waals surface area contributed by atoms with E-state index in [1.807, 2.05) is 0 Å². The van der Waals surface area contributed by atoms with Crippen molar-refractivity contribution < 1.29 is 4.74 Å². The lowest BCUT2D eigenvalue weighted by atomic mass is 10.1. The Labute approximate surface area is 94.7 Å². The monoisotopic (exact) mass is 226 g/mol. The highest BCUT2D eigenvalue weighted by atomic mass is 32.1. The normalized spacial score (nSPS) is 21.8. The van der Waals surface area contributed by atoms with Crippen LogP contribution in [0.4, 0.5) is 0 Å². The van der Waals surface area contributed by atoms with Crippen molar-refractivity contribution in [2.75, 3.05) is 13.2 Å². The minimum atomic E-state index is 0.399. The molecule has 15 heavy (non-hydrogen) atoms. The smallest absolute Gasteiger partial charge is 0.0954 e. The second-order valence-electron chi connectivity index (χ2n) is 3.96. The number of nitrogens with two attached hydrogens (primary N) is 1. The van der Waals surface area contributed by atoms with E-state index in [2.05, 4.69) is 10.4 Å². The van der Waals surface area contributed by atoms with Crippen LogP contribution in [0.5, 0.6) is 0 Å². The maximum absolute atomic E-state index is 5.69. The van der Waals surface area contributed by atoms with Crippen LogP contribution in [-0.4, -0.2) is 24.2 Å². The van der Waals surface area contributed by atoms with Gasteiger partial charge in [-0.2, -0.15) is 0 Å². The zero-order valence-corrected chi connectivity index (χ0v) is 9.76. The second kappa shape index (κ2) is 5.58. The van der Waals surface area contributed by atoms with E-state index in [0.717, 1.165) is 25.1 Å². The predicted octanol–water partition coefficient (Wildman–Crippen LogP) is 1.76. The molecular formula is C11H18N2OS. The summed E-state index contributed by atoms with van der Waals surface area (Å²) in [7, 11) is 0. The lowest BCUT2D eigenvalue weighted by Crippen LogP contribution is -2.21. The van der Waals surface area contributed by atoms with Crippen molar-refractivity contribution in [2.24, 2.45) is 5.73 Å². The van der Waals surface area contributed by atoms with Crippen molar-refractivity contribution in [3.05, 3.63) is 16.1 Å². The van der Waals surface area contributed by atoms with Crippen LogP contribution < -0.4 is 5.73 Å². The van der Waals surface area contributed by atoms with Crippen molar-refractivity contribution >= 4 is 11.3 Å². The summed E-state index contributed by atoms with van der Waals surface area (Å²) in [6.45, 7) is 1.61. The molecule has 1 saturated heterocycles. The molecule has 1 aromatic heterocycles. The van der Waals surface area contributed by atoms with Gasteiger partial charge in [0.1, 0.15) is 0 Å². The lowest BCUT2D eigenvalue weighted by molar-refractivity contribution is 0.0167. The molecule has 3 nitrogen and oxygen atoms in total. The molecule has 1 aliphatic heterocycles. The molecule has 0 amide bonds. The van der Waals surface area contributed by atoms with Gasteiger partial charge >= 0.3 is 0 Å². The highest BCUT2D eigenvalue weighted by Crippen LogP contribution is 2.19. The van der Waals surface area contributed by atoms with Crippen LogP contribution in [0.2, 0.25) is 0 Å². The lowest BCUT2D eigenvalue weighted by Gasteiger charge is -2.21. The number of rotatable bonds is 4. The largest absolute Gasteiger partial charge is 0.378 e. The van der Waals surface area contributed by atoms with Crippen molar-refractivity contribution in [1.29, 1.82) is 0 Å². The third-order valence-corrected chi connectivity index (χ3v) is 3.60. The average Bonchev–Trinajstić information content (AvgIpc) is 2.68. The number of thiazole rings is 1. The first-order chi connectivity index (χ1) is 7.38. The van der Waals surface area contributed by atoms with Crippen LogP contribution in [0.25, 0.3) is 0 Å². The molecule has 0 spiro atoms. The molecular weight excluding hydrogens is 208 g/mol. The van der Waals surface area contributed by atoms with E-state index in [0.29, 0.717) is 12.6 Å². The number of hydrogen-bond donors (Lipinski definition) is 1. The minimum absolute atomic E-state index is 0.399. The molecule has 84 valence electrons. The molecule has 1 aliphatic rings. The molecule has 2 N–H and O–H groups in total. The van der Waals surface area contributed by atoms with Crippen LogP contribution in [0.3, 0.4) is 0 Å². The van der Waals surface area contributed by atoms with Gasteiger partial charge in [-0.15, -0.1) is 11.3 Å². The maximum atomic E-state index is 5.69. The Bertz CT molecular complexity index is 295. The molecule has 0 bridgehead atoms. The van der Waals surface area contributed by atoms with E-state index in [-0.39, 0.29) is 0 Å². The van der Waals surface area contributed by atoms with Gasteiger partial charge in [-0.05, 0) is 25.8 Å². The Morgan fingerprint density at radius 3 is 3.20 bits per heavy atom. The second-order valence-corrected chi connectivity index (χ2v) is 4.91. The van der Waals surface area contributed by atoms with E-state index >= 15 is 0 Å². The van der Waals surface area contributed by atoms with Gasteiger partial charge in [-0.1, -0.05) is 0 Å². The van der Waals surface area contributed by atoms with Crippen molar-refractivity contribution in [1.82, 2.24) is 4.98 Å². The van der Waals surface area contributed by atoms with E-state index in [1.165, 1.54) is 24.3 Å². The first-order valence-electron chi connectivity index (χ1n) is 5.63. The average molecular weight is 226 g/mol. The summed E-state index contributed by atoms with van der Waals surface area (Å²) >= 11 is 1.74. The summed E-state index contributed by atoms with van der Waals surface area (Å²) in [5, 5.41) is 3.32. The molecule has 1 fully saturated rings. The van der Waals surface area contributed by atoms with Gasteiger partial charge in [-0.3, -0.25) is 0 Å². The van der Waals surface area contributed by atoms with E-state index in [9.17, 15) is 0 Å². The van der Waals surface area contributed by atoms with Crippen molar-refractivity contribution in [2.45, 2.75) is 38.2 Å². The zero-order chi connectivity index (χ0) is 10.5. The minimum Gasteiger partial charge on any atom is -0.378 e. The Morgan fingerprint density at radius 2 is 2.47 bits per heavy atom. The van der Waals surface area contributed by atoms with Gasteiger partial charge < -0.3 is 10.5 Å². The number of hydrogen-bond acceptors (Lipinski definition) is 4. The van der Waals surface area contributed by atoms with Crippen LogP contribution in [-0.2, 0) is 17.6 Å². The highest BCUT2D eigenvalue weighted by molar-refractivity contribution is 7.09. The quantitative estimate of drug-likeness (QED) is 0.851. The first kappa shape index (κ1) is 11.0. The standard InChI is InChI=1S/C11H18N2OS/c12-5-4-9-8-15-11(13-9)7-10-3-1-2-6-14-10/h8,10H,1-7,12H2. The van der Waals surface area contributed by atoms with E-state index < -0.39 is 0 Å². The van der Waals surface area contributed by atoms with Gasteiger partial charge in [0.15, 0.2) is 0 Å². The number of aromatic nitrogens is 1. The van der Waals surface area contributed by atoms with E-state index in [4.69, 9.17) is 10.5 Å². The van der Waals surface area contributed by atoms with E-state index in [1.54, 1.807) is 11.3 Å². The van der Waals surface area contributed by atoms with Crippen LogP contribution in [0, 0.1) is 0 Å². The summed E-state index contributed by atoms with van der Waals surface area (Å²) < 4.78 is 5.69. The van der Waals surface area contributed by atoms with Gasteiger partial charge in [0.25, 0.3) is 0 Å². The SMILES string of the molecule is NCCc1csc(CC2CCCCO2)n1. The molecule has 2 rings (SSSR count). The molecule has 2 heterocycles. The Kier molecular flexibility index (Phi) is 4.11. The topological polar surface area (TPSA) is 48.1 Å². The third kappa shape index (κ3) is 3.26. The molecule has 0 aromatic carbocycles. The Morgan fingerprint density at radius 1 is 1.53 bits per heavy atom. The van der Waals surface area contributed by atoms with Crippen molar-refractivity contribution in [3.8, 4) is 0 Å². The highest BCUT2D eigenvalue weighted by Gasteiger charge is 2.15. The summed E-state index contributed by atoms with van der Waals surface area (Å²) in [5.74, 6) is 0. The predicted molar refractivity (Wildman–Crippen MR) is 62.2 cm³/mol. The molecule has 1 atom stereocenters. The fraction of sp³-hybridized carbons (Fsp3) is 0.727. The first-order valence-corrected chi connectivity index (χ1v) is 6.51. The Balaban J connectivity index is 1.86. The maximum Gasteiger partial charge on any atom is 0.0954 e. The summed E-state index contributed by atoms with van der Waals surface area (Å²) in [6, 6.07) is 0. The van der Waals surface area contributed by atoms with Crippen LogP contribution >= 0.6 is 11.3 Å². The zero-order valence-electron chi connectivity index (χ0n) is 8.95. The molecule has 1 aromatic rings. The summed E-state index contributed by atoms with van der Waals surface area (Å²) in [5.41, 5.74) is 6.63. The van der Waals surface area contributed by atoms with Gasteiger partial charge in [0.05, 0.1) is 16.8 Å². The molecule has 0 radical (unpaired) electrons. The summed E-state index contributed by atoms with van der Waals surface area (Å²) in [4.78, 5) is 4.55. The molecule has 4 heteroatoms. The van der Waals surface area contributed by atoms with Gasteiger partial charge in [0.2, 0.25) is 0 Å². The summed E-state index contributed by atoms with van der Waals surface area (Å²) in [6.07, 6.45) is 5.97. The molecule has 1 unspecified atom stereocenters. The van der Waals surface area contributed by atoms with Crippen molar-refractivity contribution in [3.63, 3.8) is 0 Å². The fourth-order valence-electron chi connectivity index (χ4n) is 1.87. The molecule has 0 saturated carbocycles. The third-order valence-electron chi connectivity index (χ3n) is 2.68. The number of ether oxygens (including phenoxy) is 1. The number of nitrogens with zero attached hydrogens (tertiary/aromatic N) is 1. The van der Waals surface area contributed by atoms with Crippen LogP contribution in [0.1, 0.15) is 30.0 Å². The fourth-order valence-corrected chi connectivity index (χ4v) is 2.76.